The molecule has 130 valence electrons. The van der Waals surface area contributed by atoms with Crippen LogP contribution in [0.5, 0.6) is 5.75 Å². The zero-order valence-corrected chi connectivity index (χ0v) is 15.8. The highest BCUT2D eigenvalue weighted by Crippen LogP contribution is 2.49. The van der Waals surface area contributed by atoms with Crippen molar-refractivity contribution in [1.82, 2.24) is 0 Å². The van der Waals surface area contributed by atoms with Crippen molar-refractivity contribution >= 4 is 21.5 Å². The summed E-state index contributed by atoms with van der Waals surface area (Å²) in [4.78, 5) is 0. The van der Waals surface area contributed by atoms with Crippen molar-refractivity contribution in [3.63, 3.8) is 0 Å². The summed E-state index contributed by atoms with van der Waals surface area (Å²) in [6.07, 6.45) is 1.64. The van der Waals surface area contributed by atoms with Crippen LogP contribution in [0.1, 0.15) is 29.0 Å². The summed E-state index contributed by atoms with van der Waals surface area (Å²) >= 11 is 3.47. The molecule has 1 unspecified atom stereocenters. The SMILES string of the molecule is COc1ccc2c(c1)C1=C(CC2)OC(N)=C(C#N)C1c1ccc(Br)cc1. The van der Waals surface area contributed by atoms with Crippen molar-refractivity contribution < 1.29 is 9.47 Å². The molecule has 0 aromatic heterocycles. The van der Waals surface area contributed by atoms with Crippen LogP contribution in [-0.2, 0) is 11.2 Å². The zero-order valence-electron chi connectivity index (χ0n) is 14.3. The van der Waals surface area contributed by atoms with Crippen molar-refractivity contribution in [2.24, 2.45) is 5.73 Å². The first-order valence-corrected chi connectivity index (χ1v) is 9.15. The van der Waals surface area contributed by atoms with E-state index in [9.17, 15) is 5.26 Å². The summed E-state index contributed by atoms with van der Waals surface area (Å²) < 4.78 is 12.3. The highest BCUT2D eigenvalue weighted by atomic mass is 79.9. The average Bonchev–Trinajstić information content (AvgIpc) is 2.67. The van der Waals surface area contributed by atoms with Gasteiger partial charge >= 0.3 is 0 Å². The topological polar surface area (TPSA) is 68.3 Å². The van der Waals surface area contributed by atoms with E-state index in [4.69, 9.17) is 15.2 Å². The Balaban J connectivity index is 1.94. The Bertz CT molecular complexity index is 984. The van der Waals surface area contributed by atoms with Crippen LogP contribution in [0.3, 0.4) is 0 Å². The van der Waals surface area contributed by atoms with E-state index in [2.05, 4.69) is 28.1 Å². The first kappa shape index (κ1) is 16.7. The molecule has 2 N–H and O–H groups in total. The Hall–Kier alpha value is -2.71. The van der Waals surface area contributed by atoms with Crippen LogP contribution in [0, 0.1) is 11.3 Å². The molecule has 0 saturated heterocycles. The number of nitrogens with zero attached hydrogens (tertiary/aromatic N) is 1. The minimum absolute atomic E-state index is 0.200. The number of hydrogen-bond acceptors (Lipinski definition) is 4. The Labute approximate surface area is 160 Å². The maximum Gasteiger partial charge on any atom is 0.205 e. The second kappa shape index (κ2) is 6.54. The molecule has 2 aliphatic rings. The number of ether oxygens (including phenoxy) is 2. The summed E-state index contributed by atoms with van der Waals surface area (Å²) in [5.41, 5.74) is 10.9. The van der Waals surface area contributed by atoms with Crippen LogP contribution < -0.4 is 10.5 Å². The quantitative estimate of drug-likeness (QED) is 0.786. The van der Waals surface area contributed by atoms with Crippen molar-refractivity contribution in [1.29, 1.82) is 5.26 Å². The molecule has 5 heteroatoms. The van der Waals surface area contributed by atoms with Crippen molar-refractivity contribution in [2.75, 3.05) is 7.11 Å². The van der Waals surface area contributed by atoms with Gasteiger partial charge in [-0.15, -0.1) is 0 Å². The number of halogens is 1. The molecule has 1 atom stereocenters. The van der Waals surface area contributed by atoms with E-state index < -0.39 is 0 Å². The molecule has 1 aliphatic heterocycles. The Morgan fingerprint density at radius 3 is 2.65 bits per heavy atom. The lowest BCUT2D eigenvalue weighted by Crippen LogP contribution is -2.23. The van der Waals surface area contributed by atoms with Crippen LogP contribution in [-0.4, -0.2) is 7.11 Å². The number of hydrogen-bond donors (Lipinski definition) is 1. The average molecular weight is 409 g/mol. The number of allylic oxidation sites excluding steroid dienone is 3. The molecular weight excluding hydrogens is 392 g/mol. The predicted octanol–water partition coefficient (Wildman–Crippen LogP) is 4.62. The number of aryl methyl sites for hydroxylation is 1. The van der Waals surface area contributed by atoms with Gasteiger partial charge in [-0.1, -0.05) is 34.1 Å². The minimum Gasteiger partial charge on any atom is -0.497 e. The minimum atomic E-state index is -0.247. The molecule has 4 nitrogen and oxygen atoms in total. The highest BCUT2D eigenvalue weighted by Gasteiger charge is 2.36. The summed E-state index contributed by atoms with van der Waals surface area (Å²) in [6.45, 7) is 0. The lowest BCUT2D eigenvalue weighted by Gasteiger charge is -2.33. The third-order valence-electron chi connectivity index (χ3n) is 4.93. The number of methoxy groups -OCH3 is 1. The third kappa shape index (κ3) is 2.67. The molecule has 0 bridgehead atoms. The smallest absolute Gasteiger partial charge is 0.205 e. The Morgan fingerprint density at radius 1 is 1.19 bits per heavy atom. The van der Waals surface area contributed by atoms with Gasteiger partial charge in [-0.2, -0.15) is 5.26 Å². The van der Waals surface area contributed by atoms with Gasteiger partial charge in [-0.05, 0) is 47.4 Å². The lowest BCUT2D eigenvalue weighted by atomic mass is 9.75. The molecule has 2 aromatic rings. The third-order valence-corrected chi connectivity index (χ3v) is 5.46. The van der Waals surface area contributed by atoms with E-state index in [-0.39, 0.29) is 11.8 Å². The molecule has 4 rings (SSSR count). The van der Waals surface area contributed by atoms with E-state index in [0.717, 1.165) is 45.5 Å². The summed E-state index contributed by atoms with van der Waals surface area (Å²) in [7, 11) is 1.65. The molecule has 1 heterocycles. The number of nitrogens with two attached hydrogens (primary N) is 1. The van der Waals surface area contributed by atoms with Gasteiger partial charge in [0.2, 0.25) is 5.88 Å². The first-order chi connectivity index (χ1) is 12.6. The van der Waals surface area contributed by atoms with Crippen LogP contribution in [0.15, 0.2) is 64.2 Å². The van der Waals surface area contributed by atoms with Gasteiger partial charge in [0, 0.05) is 16.5 Å². The Kier molecular flexibility index (Phi) is 4.21. The van der Waals surface area contributed by atoms with E-state index in [1.807, 2.05) is 36.4 Å². The summed E-state index contributed by atoms with van der Waals surface area (Å²) in [5, 5.41) is 9.76. The normalized spacial score (nSPS) is 18.6. The molecule has 26 heavy (non-hydrogen) atoms. The second-order valence-electron chi connectivity index (χ2n) is 6.34. The van der Waals surface area contributed by atoms with Crippen LogP contribution in [0.2, 0.25) is 0 Å². The summed E-state index contributed by atoms with van der Waals surface area (Å²) in [5.74, 6) is 1.58. The molecular formula is C21H17BrN2O2. The van der Waals surface area contributed by atoms with Crippen molar-refractivity contribution in [2.45, 2.75) is 18.8 Å². The number of fused-ring (bicyclic) bond motifs is 2. The fourth-order valence-electron chi connectivity index (χ4n) is 3.69. The van der Waals surface area contributed by atoms with Gasteiger partial charge in [-0.25, -0.2) is 0 Å². The van der Waals surface area contributed by atoms with Crippen LogP contribution >= 0.6 is 15.9 Å². The van der Waals surface area contributed by atoms with Gasteiger partial charge in [-0.3, -0.25) is 0 Å². The van der Waals surface area contributed by atoms with Gasteiger partial charge in [0.15, 0.2) is 0 Å². The van der Waals surface area contributed by atoms with Gasteiger partial charge in [0.25, 0.3) is 0 Å². The molecule has 0 saturated carbocycles. The van der Waals surface area contributed by atoms with Crippen LogP contribution in [0.4, 0.5) is 0 Å². The highest BCUT2D eigenvalue weighted by molar-refractivity contribution is 9.10. The standard InChI is InChI=1S/C21H17BrN2O2/c1-25-15-8-4-12-5-9-18-20(16(12)10-15)19(17(11-23)21(24)26-18)13-2-6-14(22)7-3-13/h2-4,6-8,10,19H,5,9,24H2,1H3. The molecule has 0 amide bonds. The maximum atomic E-state index is 9.76. The number of benzene rings is 2. The Morgan fingerprint density at radius 2 is 1.96 bits per heavy atom. The second-order valence-corrected chi connectivity index (χ2v) is 7.25. The first-order valence-electron chi connectivity index (χ1n) is 8.35. The van der Waals surface area contributed by atoms with Gasteiger partial charge in [0.1, 0.15) is 23.2 Å². The van der Waals surface area contributed by atoms with Gasteiger partial charge in [0.05, 0.1) is 13.0 Å². The molecule has 1 aliphatic carbocycles. The number of nitriles is 1. The fraction of sp³-hybridized carbons (Fsp3) is 0.190. The largest absolute Gasteiger partial charge is 0.497 e. The van der Waals surface area contributed by atoms with Crippen molar-refractivity contribution in [3.05, 3.63) is 80.8 Å². The van der Waals surface area contributed by atoms with E-state index >= 15 is 0 Å². The monoisotopic (exact) mass is 408 g/mol. The zero-order chi connectivity index (χ0) is 18.3. The van der Waals surface area contributed by atoms with Crippen LogP contribution in [0.25, 0.3) is 5.57 Å². The van der Waals surface area contributed by atoms with E-state index in [1.54, 1.807) is 7.11 Å². The lowest BCUT2D eigenvalue weighted by molar-refractivity contribution is 0.273. The summed E-state index contributed by atoms with van der Waals surface area (Å²) in [6, 6.07) is 16.3. The molecule has 0 radical (unpaired) electrons. The fourth-order valence-corrected chi connectivity index (χ4v) is 3.95. The predicted molar refractivity (Wildman–Crippen MR) is 103 cm³/mol. The van der Waals surface area contributed by atoms with E-state index in [0.29, 0.717) is 5.57 Å². The molecule has 2 aromatic carbocycles. The van der Waals surface area contributed by atoms with Crippen molar-refractivity contribution in [3.8, 4) is 11.8 Å². The van der Waals surface area contributed by atoms with Gasteiger partial charge < -0.3 is 15.2 Å². The number of rotatable bonds is 2. The molecule has 0 fully saturated rings. The maximum absolute atomic E-state index is 9.76. The van der Waals surface area contributed by atoms with E-state index in [1.165, 1.54) is 5.56 Å². The molecule has 0 spiro atoms.